The largest absolute Gasteiger partial charge is 0.547 e. The second kappa shape index (κ2) is 10.9. The van der Waals surface area contributed by atoms with Gasteiger partial charge in [-0.3, -0.25) is 0 Å². The molecule has 3 N–H and O–H groups in total. The molecule has 1 aliphatic rings. The molecule has 7 nitrogen and oxygen atoms in total. The maximum absolute atomic E-state index is 10.8. The van der Waals surface area contributed by atoms with Crippen molar-refractivity contribution in [2.24, 2.45) is 0 Å². The third-order valence-corrected chi connectivity index (χ3v) is 4.08. The fourth-order valence-corrected chi connectivity index (χ4v) is 2.62. The van der Waals surface area contributed by atoms with Crippen LogP contribution in [0.25, 0.3) is 0 Å². The van der Waals surface area contributed by atoms with Crippen LogP contribution in [0.2, 0.25) is 0 Å². The van der Waals surface area contributed by atoms with E-state index in [0.29, 0.717) is 6.61 Å². The van der Waals surface area contributed by atoms with Crippen molar-refractivity contribution in [1.82, 2.24) is 0 Å². The van der Waals surface area contributed by atoms with Gasteiger partial charge in [-0.1, -0.05) is 51.9 Å². The Labute approximate surface area is 137 Å². The molecule has 0 radical (unpaired) electrons. The summed E-state index contributed by atoms with van der Waals surface area (Å²) >= 11 is 0. The fraction of sp³-hybridized carbons (Fsp3) is 0.938. The summed E-state index contributed by atoms with van der Waals surface area (Å²) in [4.78, 5) is 10.8. The highest BCUT2D eigenvalue weighted by Crippen LogP contribution is 2.22. The van der Waals surface area contributed by atoms with E-state index in [-0.39, 0.29) is 0 Å². The van der Waals surface area contributed by atoms with Gasteiger partial charge >= 0.3 is 0 Å². The number of aliphatic hydroxyl groups excluding tert-OH is 3. The van der Waals surface area contributed by atoms with Crippen LogP contribution in [0.3, 0.4) is 0 Å². The second-order valence-corrected chi connectivity index (χ2v) is 6.06. The van der Waals surface area contributed by atoms with Crippen molar-refractivity contribution in [2.45, 2.75) is 89.0 Å². The molecule has 0 bridgehead atoms. The third kappa shape index (κ3) is 6.73. The smallest absolute Gasteiger partial charge is 0.186 e. The summed E-state index contributed by atoms with van der Waals surface area (Å²) in [7, 11) is 0. The summed E-state index contributed by atoms with van der Waals surface area (Å²) in [5, 5.41) is 39.7. The molecule has 0 aromatic heterocycles. The molecule has 23 heavy (non-hydrogen) atoms. The molecule has 1 saturated heterocycles. The first-order chi connectivity index (χ1) is 11.0. The Kier molecular flexibility index (Phi) is 9.66. The van der Waals surface area contributed by atoms with E-state index in [4.69, 9.17) is 9.47 Å². The van der Waals surface area contributed by atoms with Crippen LogP contribution in [0.15, 0.2) is 0 Å². The van der Waals surface area contributed by atoms with Crippen LogP contribution in [0.4, 0.5) is 0 Å². The van der Waals surface area contributed by atoms with Gasteiger partial charge in [-0.15, -0.1) is 0 Å². The standard InChI is InChI=1S/C16H30O7/c1-2-3-4-5-6-7-8-9-10-22-16-13(19)11(17)12(18)14(23-16)15(20)21/h11-14,16-19H,2-10H2,1H3,(H,20,21)/p-1/t11?,12-,13?,14?,16-/m1/s1. The van der Waals surface area contributed by atoms with E-state index in [1.165, 1.54) is 32.1 Å². The number of aliphatic carboxylic acids is 1. The van der Waals surface area contributed by atoms with Gasteiger partial charge < -0.3 is 34.7 Å². The maximum atomic E-state index is 10.8. The van der Waals surface area contributed by atoms with Crippen LogP contribution < -0.4 is 5.11 Å². The number of carboxylic acids is 1. The van der Waals surface area contributed by atoms with Crippen LogP contribution in [-0.2, 0) is 14.3 Å². The van der Waals surface area contributed by atoms with E-state index in [0.717, 1.165) is 19.3 Å². The molecule has 1 fully saturated rings. The number of carbonyl (C=O) groups excluding carboxylic acids is 1. The molecule has 0 aromatic carbocycles. The lowest BCUT2D eigenvalue weighted by Gasteiger charge is -2.40. The molecule has 0 amide bonds. The van der Waals surface area contributed by atoms with Crippen LogP contribution >= 0.6 is 0 Å². The molecule has 7 heteroatoms. The summed E-state index contributed by atoms with van der Waals surface area (Å²) in [6.07, 6.45) is 1.15. The molecule has 136 valence electrons. The Hall–Kier alpha value is -0.730. The first-order valence-corrected chi connectivity index (χ1v) is 8.51. The lowest BCUT2D eigenvalue weighted by atomic mass is 9.99. The van der Waals surface area contributed by atoms with E-state index in [1.54, 1.807) is 0 Å². The summed E-state index contributed by atoms with van der Waals surface area (Å²) < 4.78 is 10.3. The van der Waals surface area contributed by atoms with Gasteiger partial charge in [-0.2, -0.15) is 0 Å². The molecule has 0 saturated carbocycles. The van der Waals surface area contributed by atoms with Crippen LogP contribution in [0, 0.1) is 0 Å². The van der Waals surface area contributed by atoms with Gasteiger partial charge in [0, 0.05) is 6.61 Å². The highest BCUT2D eigenvalue weighted by atomic mass is 16.7. The summed E-state index contributed by atoms with van der Waals surface area (Å²) in [6.45, 7) is 2.47. The van der Waals surface area contributed by atoms with E-state index in [9.17, 15) is 25.2 Å². The second-order valence-electron chi connectivity index (χ2n) is 6.06. The number of ether oxygens (including phenoxy) is 2. The van der Waals surface area contributed by atoms with Crippen molar-refractivity contribution in [3.05, 3.63) is 0 Å². The normalized spacial score (nSPS) is 31.2. The molecular formula is C16H29O7-. The number of unbranched alkanes of at least 4 members (excludes halogenated alkanes) is 7. The number of rotatable bonds is 11. The van der Waals surface area contributed by atoms with E-state index >= 15 is 0 Å². The zero-order valence-corrected chi connectivity index (χ0v) is 13.7. The van der Waals surface area contributed by atoms with Gasteiger partial charge in [0.15, 0.2) is 6.29 Å². The van der Waals surface area contributed by atoms with Crippen molar-refractivity contribution >= 4 is 5.97 Å². The average Bonchev–Trinajstić information content (AvgIpc) is 2.52. The highest BCUT2D eigenvalue weighted by Gasteiger charge is 2.44. The van der Waals surface area contributed by atoms with E-state index in [2.05, 4.69) is 6.92 Å². The van der Waals surface area contributed by atoms with Gasteiger partial charge in [0.2, 0.25) is 0 Å². The molecular weight excluding hydrogens is 304 g/mol. The number of carboxylic acid groups (broad SMARTS) is 1. The van der Waals surface area contributed by atoms with Crippen molar-refractivity contribution < 1.29 is 34.7 Å². The van der Waals surface area contributed by atoms with Crippen molar-refractivity contribution in [2.75, 3.05) is 6.61 Å². The van der Waals surface area contributed by atoms with Crippen molar-refractivity contribution in [3.8, 4) is 0 Å². The van der Waals surface area contributed by atoms with Gasteiger partial charge in [-0.25, -0.2) is 0 Å². The number of carbonyl (C=O) groups is 1. The van der Waals surface area contributed by atoms with Gasteiger partial charge in [0.1, 0.15) is 24.4 Å². The Balaban J connectivity index is 2.19. The van der Waals surface area contributed by atoms with Gasteiger partial charge in [-0.05, 0) is 6.42 Å². The molecule has 1 aliphatic heterocycles. The maximum Gasteiger partial charge on any atom is 0.186 e. The molecule has 1 heterocycles. The van der Waals surface area contributed by atoms with Crippen LogP contribution in [-0.4, -0.2) is 58.6 Å². The topological polar surface area (TPSA) is 119 Å². The third-order valence-electron chi connectivity index (χ3n) is 4.08. The minimum Gasteiger partial charge on any atom is -0.547 e. The lowest BCUT2D eigenvalue weighted by Crippen LogP contribution is -2.62. The number of hydrogen-bond donors (Lipinski definition) is 3. The Morgan fingerprint density at radius 2 is 1.52 bits per heavy atom. The van der Waals surface area contributed by atoms with E-state index < -0.39 is 36.7 Å². The SMILES string of the molecule is CCCCCCCCCCO[C@@H]1OC(C(=O)[O-])[C@H](O)C(O)C1O. The molecule has 0 aromatic rings. The fourth-order valence-electron chi connectivity index (χ4n) is 2.62. The molecule has 0 aliphatic carbocycles. The molecule has 3 unspecified atom stereocenters. The van der Waals surface area contributed by atoms with Gasteiger partial charge in [0.05, 0.1) is 5.97 Å². The van der Waals surface area contributed by atoms with Crippen LogP contribution in [0.1, 0.15) is 58.3 Å². The average molecular weight is 333 g/mol. The van der Waals surface area contributed by atoms with E-state index in [1.807, 2.05) is 0 Å². The Morgan fingerprint density at radius 3 is 2.09 bits per heavy atom. The first kappa shape index (κ1) is 20.3. The van der Waals surface area contributed by atoms with Gasteiger partial charge in [0.25, 0.3) is 0 Å². The minimum atomic E-state index is -1.74. The Morgan fingerprint density at radius 1 is 0.957 bits per heavy atom. The van der Waals surface area contributed by atoms with Crippen molar-refractivity contribution in [1.29, 1.82) is 0 Å². The summed E-state index contributed by atoms with van der Waals surface area (Å²) in [6, 6.07) is 0. The zero-order valence-electron chi connectivity index (χ0n) is 13.7. The molecule has 1 rings (SSSR count). The highest BCUT2D eigenvalue weighted by molar-refractivity contribution is 5.71. The number of aliphatic hydroxyl groups is 3. The predicted molar refractivity (Wildman–Crippen MR) is 80.3 cm³/mol. The van der Waals surface area contributed by atoms with Crippen molar-refractivity contribution in [3.63, 3.8) is 0 Å². The minimum absolute atomic E-state index is 0.291. The zero-order chi connectivity index (χ0) is 17.2. The predicted octanol–water partition coefficient (Wildman–Crippen LogP) is -0.299. The number of hydrogen-bond acceptors (Lipinski definition) is 7. The first-order valence-electron chi connectivity index (χ1n) is 8.51. The Bertz CT molecular complexity index is 336. The quantitative estimate of drug-likeness (QED) is 0.444. The molecule has 0 spiro atoms. The lowest BCUT2D eigenvalue weighted by molar-refractivity contribution is -0.349. The molecule has 5 atom stereocenters. The monoisotopic (exact) mass is 333 g/mol. The van der Waals surface area contributed by atoms with Crippen LogP contribution in [0.5, 0.6) is 0 Å². The summed E-state index contributed by atoms with van der Waals surface area (Å²) in [5.41, 5.74) is 0. The summed E-state index contributed by atoms with van der Waals surface area (Å²) in [5.74, 6) is -1.65.